The van der Waals surface area contributed by atoms with Gasteiger partial charge >= 0.3 is 6.03 Å². The van der Waals surface area contributed by atoms with E-state index in [2.05, 4.69) is 25.8 Å². The third-order valence-electron chi connectivity index (χ3n) is 3.04. The van der Waals surface area contributed by atoms with Crippen molar-refractivity contribution in [1.29, 1.82) is 0 Å². The molecule has 0 fully saturated rings. The Hall–Kier alpha value is -2.89. The molecule has 0 aliphatic carbocycles. The molecule has 3 aromatic rings. The molecule has 2 heterocycles. The third-order valence-corrected chi connectivity index (χ3v) is 3.04. The van der Waals surface area contributed by atoms with Crippen LogP contribution in [0.1, 0.15) is 11.3 Å². The van der Waals surface area contributed by atoms with Gasteiger partial charge in [0.15, 0.2) is 5.82 Å². The van der Waals surface area contributed by atoms with Crippen LogP contribution in [-0.4, -0.2) is 21.2 Å². The second kappa shape index (κ2) is 5.24. The summed E-state index contributed by atoms with van der Waals surface area (Å²) in [6.07, 6.45) is 1.71. The highest BCUT2D eigenvalue weighted by atomic mass is 16.2. The number of fused-ring (bicyclic) bond motifs is 1. The molecule has 3 rings (SSSR count). The van der Waals surface area contributed by atoms with E-state index < -0.39 is 0 Å². The molecule has 3 N–H and O–H groups in total. The molecular formula is C15H15N5O. The van der Waals surface area contributed by atoms with E-state index in [1.165, 1.54) is 0 Å². The van der Waals surface area contributed by atoms with Gasteiger partial charge in [-0.05, 0) is 37.6 Å². The maximum Gasteiger partial charge on any atom is 0.324 e. The summed E-state index contributed by atoms with van der Waals surface area (Å²) in [6, 6.07) is 9.17. The van der Waals surface area contributed by atoms with Gasteiger partial charge in [0.25, 0.3) is 0 Å². The van der Waals surface area contributed by atoms with Gasteiger partial charge in [0, 0.05) is 23.3 Å². The van der Waals surface area contributed by atoms with Gasteiger partial charge < -0.3 is 5.32 Å². The molecule has 2 aromatic heterocycles. The number of anilines is 2. The largest absolute Gasteiger partial charge is 0.324 e. The average Bonchev–Trinajstić information content (AvgIpc) is 2.83. The first-order chi connectivity index (χ1) is 10.1. The van der Waals surface area contributed by atoms with Crippen LogP contribution in [0.25, 0.3) is 10.9 Å². The Morgan fingerprint density at radius 2 is 2.05 bits per heavy atom. The SMILES string of the molecule is Cc1cc(NC(=O)Nc2cc(C)[nH]n2)c2ncccc2c1. The molecule has 0 unspecified atom stereocenters. The molecule has 6 nitrogen and oxygen atoms in total. The van der Waals surface area contributed by atoms with E-state index in [0.29, 0.717) is 11.5 Å². The Labute approximate surface area is 121 Å². The lowest BCUT2D eigenvalue weighted by Crippen LogP contribution is -2.20. The first-order valence-corrected chi connectivity index (χ1v) is 6.57. The van der Waals surface area contributed by atoms with E-state index in [4.69, 9.17) is 0 Å². The lowest BCUT2D eigenvalue weighted by atomic mass is 10.1. The number of urea groups is 1. The maximum atomic E-state index is 12.0. The minimum atomic E-state index is -0.348. The summed E-state index contributed by atoms with van der Waals surface area (Å²) < 4.78 is 0. The molecular weight excluding hydrogens is 266 g/mol. The van der Waals surface area contributed by atoms with Gasteiger partial charge in [-0.25, -0.2) is 4.79 Å². The van der Waals surface area contributed by atoms with Crippen LogP contribution in [0.5, 0.6) is 0 Å². The number of hydrogen-bond donors (Lipinski definition) is 3. The van der Waals surface area contributed by atoms with E-state index in [9.17, 15) is 4.79 Å². The van der Waals surface area contributed by atoms with E-state index >= 15 is 0 Å². The Bertz CT molecular complexity index is 809. The highest BCUT2D eigenvalue weighted by molar-refractivity contribution is 6.04. The number of aromatic nitrogens is 3. The zero-order valence-corrected chi connectivity index (χ0v) is 11.8. The van der Waals surface area contributed by atoms with Crippen LogP contribution in [0.4, 0.5) is 16.3 Å². The maximum absolute atomic E-state index is 12.0. The molecule has 0 spiro atoms. The summed E-state index contributed by atoms with van der Waals surface area (Å²) in [4.78, 5) is 16.4. The number of hydrogen-bond acceptors (Lipinski definition) is 3. The number of amides is 2. The normalized spacial score (nSPS) is 10.6. The Morgan fingerprint density at radius 3 is 2.81 bits per heavy atom. The smallest absolute Gasteiger partial charge is 0.306 e. The number of benzene rings is 1. The van der Waals surface area contributed by atoms with E-state index in [1.54, 1.807) is 12.3 Å². The van der Waals surface area contributed by atoms with Crippen molar-refractivity contribution in [3.8, 4) is 0 Å². The van der Waals surface area contributed by atoms with Gasteiger partial charge in [0.05, 0.1) is 11.2 Å². The fraction of sp³-hybridized carbons (Fsp3) is 0.133. The van der Waals surface area contributed by atoms with Gasteiger partial charge in [0.2, 0.25) is 0 Å². The summed E-state index contributed by atoms with van der Waals surface area (Å²) in [7, 11) is 0. The van der Waals surface area contributed by atoms with Crippen molar-refractivity contribution in [2.75, 3.05) is 10.6 Å². The number of aryl methyl sites for hydroxylation is 2. The van der Waals surface area contributed by atoms with Crippen LogP contribution in [0.2, 0.25) is 0 Å². The number of nitrogens with zero attached hydrogens (tertiary/aromatic N) is 2. The summed E-state index contributed by atoms with van der Waals surface area (Å²) in [5, 5.41) is 13.2. The summed E-state index contributed by atoms with van der Waals surface area (Å²) in [5.41, 5.74) is 3.38. The predicted molar refractivity (Wildman–Crippen MR) is 82.4 cm³/mol. The van der Waals surface area contributed by atoms with E-state index in [1.807, 2.05) is 38.1 Å². The average molecular weight is 281 g/mol. The van der Waals surface area contributed by atoms with Crippen molar-refractivity contribution >= 4 is 28.4 Å². The van der Waals surface area contributed by atoms with Gasteiger partial charge in [-0.15, -0.1) is 0 Å². The molecule has 0 saturated heterocycles. The highest BCUT2D eigenvalue weighted by Gasteiger charge is 2.09. The molecule has 6 heteroatoms. The van der Waals surface area contributed by atoms with Gasteiger partial charge in [-0.3, -0.25) is 15.4 Å². The molecule has 0 saturated carbocycles. The number of carbonyl (C=O) groups excluding carboxylic acids is 1. The molecule has 106 valence electrons. The van der Waals surface area contributed by atoms with Crippen LogP contribution in [-0.2, 0) is 0 Å². The van der Waals surface area contributed by atoms with Crippen molar-refractivity contribution in [2.45, 2.75) is 13.8 Å². The number of rotatable bonds is 2. The Kier molecular flexibility index (Phi) is 3.27. The zero-order chi connectivity index (χ0) is 14.8. The fourth-order valence-corrected chi connectivity index (χ4v) is 2.19. The summed E-state index contributed by atoms with van der Waals surface area (Å²) in [6.45, 7) is 3.85. The van der Waals surface area contributed by atoms with Crippen LogP contribution in [0.15, 0.2) is 36.5 Å². The number of pyridine rings is 1. The highest BCUT2D eigenvalue weighted by Crippen LogP contribution is 2.23. The predicted octanol–water partition coefficient (Wildman–Crippen LogP) is 3.22. The standard InChI is InChI=1S/C15H15N5O/c1-9-6-11-4-3-5-16-14(11)12(7-9)17-15(21)18-13-8-10(2)19-20-13/h3-8H,1-2H3,(H3,17,18,19,20,21). The summed E-state index contributed by atoms with van der Waals surface area (Å²) >= 11 is 0. The van der Waals surface area contributed by atoms with Gasteiger partial charge in [0.1, 0.15) is 0 Å². The molecule has 0 aliphatic rings. The number of H-pyrrole nitrogens is 1. The van der Waals surface area contributed by atoms with Crippen molar-refractivity contribution < 1.29 is 4.79 Å². The van der Waals surface area contributed by atoms with E-state index in [0.717, 1.165) is 22.2 Å². The summed E-state index contributed by atoms with van der Waals surface area (Å²) in [5.74, 6) is 0.481. The van der Waals surface area contributed by atoms with Crippen LogP contribution >= 0.6 is 0 Å². The lowest BCUT2D eigenvalue weighted by Gasteiger charge is -2.09. The number of aromatic amines is 1. The minimum absolute atomic E-state index is 0.348. The third kappa shape index (κ3) is 2.84. The van der Waals surface area contributed by atoms with Crippen molar-refractivity contribution in [2.24, 2.45) is 0 Å². The van der Waals surface area contributed by atoms with Gasteiger partial charge in [-0.2, -0.15) is 5.10 Å². The van der Waals surface area contributed by atoms with Gasteiger partial charge in [-0.1, -0.05) is 6.07 Å². The van der Waals surface area contributed by atoms with Crippen molar-refractivity contribution in [3.63, 3.8) is 0 Å². The number of nitrogens with one attached hydrogen (secondary N) is 3. The van der Waals surface area contributed by atoms with Crippen LogP contribution in [0, 0.1) is 13.8 Å². The molecule has 0 atom stereocenters. The fourth-order valence-electron chi connectivity index (χ4n) is 2.19. The number of carbonyl (C=O) groups is 1. The van der Waals surface area contributed by atoms with E-state index in [-0.39, 0.29) is 6.03 Å². The minimum Gasteiger partial charge on any atom is -0.306 e. The first kappa shape index (κ1) is 13.1. The second-order valence-electron chi connectivity index (χ2n) is 4.90. The molecule has 0 radical (unpaired) electrons. The zero-order valence-electron chi connectivity index (χ0n) is 11.8. The quantitative estimate of drug-likeness (QED) is 0.674. The molecule has 2 amide bonds. The van der Waals surface area contributed by atoms with Crippen LogP contribution < -0.4 is 10.6 Å². The van der Waals surface area contributed by atoms with Crippen molar-refractivity contribution in [3.05, 3.63) is 47.8 Å². The molecule has 21 heavy (non-hydrogen) atoms. The monoisotopic (exact) mass is 281 g/mol. The van der Waals surface area contributed by atoms with Crippen LogP contribution in [0.3, 0.4) is 0 Å². The molecule has 1 aromatic carbocycles. The molecule has 0 aliphatic heterocycles. The first-order valence-electron chi connectivity index (χ1n) is 6.57. The Balaban J connectivity index is 1.85. The molecule has 0 bridgehead atoms. The topological polar surface area (TPSA) is 82.7 Å². The lowest BCUT2D eigenvalue weighted by molar-refractivity contribution is 0.262. The Morgan fingerprint density at radius 1 is 1.19 bits per heavy atom. The van der Waals surface area contributed by atoms with Crippen molar-refractivity contribution in [1.82, 2.24) is 15.2 Å². The second-order valence-corrected chi connectivity index (χ2v) is 4.90.